The van der Waals surface area contributed by atoms with E-state index < -0.39 is 0 Å². The molecule has 0 radical (unpaired) electrons. The number of carbonyl (C=O) groups is 1. The van der Waals surface area contributed by atoms with Gasteiger partial charge in [-0.2, -0.15) is 5.10 Å². The van der Waals surface area contributed by atoms with Gasteiger partial charge in [0.15, 0.2) is 11.5 Å². The molecule has 29 heavy (non-hydrogen) atoms. The lowest BCUT2D eigenvalue weighted by Gasteiger charge is -2.12. The molecule has 0 bridgehead atoms. The number of carbonyl (C=O) groups excluding carboxylic acids is 1. The zero-order valence-corrected chi connectivity index (χ0v) is 17.6. The van der Waals surface area contributed by atoms with Crippen molar-refractivity contribution in [2.75, 3.05) is 6.61 Å². The van der Waals surface area contributed by atoms with E-state index in [0.29, 0.717) is 30.3 Å². The molecular formula is C23H21BrN2O3. The molecule has 3 rings (SSSR count). The van der Waals surface area contributed by atoms with Crippen LogP contribution in [0.4, 0.5) is 0 Å². The zero-order chi connectivity index (χ0) is 20.5. The maximum atomic E-state index is 12.1. The Morgan fingerprint density at radius 3 is 2.59 bits per heavy atom. The Balaban J connectivity index is 1.65. The predicted octanol–water partition coefficient (Wildman–Crippen LogP) is 5.19. The molecule has 0 aromatic heterocycles. The van der Waals surface area contributed by atoms with Crippen LogP contribution in [0.1, 0.15) is 28.4 Å². The lowest BCUT2D eigenvalue weighted by Crippen LogP contribution is -2.17. The normalized spacial score (nSPS) is 10.7. The second-order valence-electron chi connectivity index (χ2n) is 6.12. The van der Waals surface area contributed by atoms with Gasteiger partial charge in [0.1, 0.15) is 6.61 Å². The number of ether oxygens (including phenoxy) is 2. The molecule has 0 saturated carbocycles. The van der Waals surface area contributed by atoms with Gasteiger partial charge in [-0.1, -0.05) is 52.3 Å². The van der Waals surface area contributed by atoms with E-state index in [2.05, 4.69) is 26.5 Å². The maximum Gasteiger partial charge on any atom is 0.271 e. The van der Waals surface area contributed by atoms with E-state index in [9.17, 15) is 4.79 Å². The fourth-order valence-corrected chi connectivity index (χ4v) is 2.99. The highest BCUT2D eigenvalue weighted by Crippen LogP contribution is 2.28. The van der Waals surface area contributed by atoms with Gasteiger partial charge in [0, 0.05) is 10.0 Å². The first-order valence-electron chi connectivity index (χ1n) is 9.18. The molecular weight excluding hydrogens is 432 g/mol. The Morgan fingerprint density at radius 1 is 1.00 bits per heavy atom. The third-order valence-electron chi connectivity index (χ3n) is 3.97. The minimum absolute atomic E-state index is 0.282. The van der Waals surface area contributed by atoms with Crippen molar-refractivity contribution in [1.82, 2.24) is 5.43 Å². The van der Waals surface area contributed by atoms with Crippen LogP contribution in [0.2, 0.25) is 0 Å². The van der Waals surface area contributed by atoms with E-state index in [1.807, 2.05) is 61.5 Å². The Morgan fingerprint density at radius 2 is 1.83 bits per heavy atom. The summed E-state index contributed by atoms with van der Waals surface area (Å²) in [6.45, 7) is 2.89. The van der Waals surface area contributed by atoms with Crippen molar-refractivity contribution >= 4 is 28.1 Å². The molecule has 3 aromatic carbocycles. The molecule has 0 spiro atoms. The smallest absolute Gasteiger partial charge is 0.271 e. The van der Waals surface area contributed by atoms with Crippen molar-refractivity contribution in [2.45, 2.75) is 13.5 Å². The number of hydrazone groups is 1. The van der Waals surface area contributed by atoms with Crippen LogP contribution < -0.4 is 14.9 Å². The molecule has 0 unspecified atom stereocenters. The van der Waals surface area contributed by atoms with Gasteiger partial charge in [-0.15, -0.1) is 0 Å². The molecule has 0 atom stereocenters. The first-order chi connectivity index (χ1) is 14.2. The third-order valence-corrected chi connectivity index (χ3v) is 4.46. The summed E-state index contributed by atoms with van der Waals surface area (Å²) in [7, 11) is 0. The predicted molar refractivity (Wildman–Crippen MR) is 118 cm³/mol. The minimum Gasteiger partial charge on any atom is -0.490 e. The molecule has 0 aliphatic heterocycles. The van der Waals surface area contributed by atoms with Gasteiger partial charge >= 0.3 is 0 Å². The Labute approximate surface area is 178 Å². The average molecular weight is 453 g/mol. The molecule has 0 saturated heterocycles. The standard InChI is InChI=1S/C23H21BrN2O3/c1-2-28-22-13-18(11-12-21(22)29-16-17-7-4-3-5-8-17)15-25-26-23(27)19-9-6-10-20(24)14-19/h3-15H,2,16H2,1H3,(H,26,27)/b25-15-. The Bertz CT molecular complexity index is 990. The average Bonchev–Trinajstić information content (AvgIpc) is 2.74. The van der Waals surface area contributed by atoms with E-state index in [0.717, 1.165) is 15.6 Å². The summed E-state index contributed by atoms with van der Waals surface area (Å²) >= 11 is 3.35. The lowest BCUT2D eigenvalue weighted by atomic mass is 10.2. The summed E-state index contributed by atoms with van der Waals surface area (Å²) in [4.78, 5) is 12.1. The van der Waals surface area contributed by atoms with Gasteiger partial charge in [0.2, 0.25) is 0 Å². The van der Waals surface area contributed by atoms with Gasteiger partial charge in [-0.05, 0) is 54.4 Å². The van der Waals surface area contributed by atoms with Crippen LogP contribution in [-0.4, -0.2) is 18.7 Å². The molecule has 1 N–H and O–H groups in total. The van der Waals surface area contributed by atoms with E-state index in [-0.39, 0.29) is 5.91 Å². The molecule has 1 amide bonds. The topological polar surface area (TPSA) is 59.9 Å². The second kappa shape index (κ2) is 10.4. The van der Waals surface area contributed by atoms with Crippen molar-refractivity contribution in [1.29, 1.82) is 0 Å². The first kappa shape index (κ1) is 20.6. The van der Waals surface area contributed by atoms with Crippen molar-refractivity contribution in [3.8, 4) is 11.5 Å². The lowest BCUT2D eigenvalue weighted by molar-refractivity contribution is 0.0955. The van der Waals surface area contributed by atoms with Crippen LogP contribution in [0, 0.1) is 0 Å². The van der Waals surface area contributed by atoms with Gasteiger partial charge in [-0.25, -0.2) is 5.43 Å². The second-order valence-corrected chi connectivity index (χ2v) is 7.04. The number of hydrogen-bond donors (Lipinski definition) is 1. The SMILES string of the molecule is CCOc1cc(/C=N\NC(=O)c2cccc(Br)c2)ccc1OCc1ccccc1. The number of rotatable bonds is 8. The summed E-state index contributed by atoms with van der Waals surface area (Å²) in [6.07, 6.45) is 1.57. The third kappa shape index (κ3) is 6.19. The number of nitrogens with one attached hydrogen (secondary N) is 1. The Kier molecular flexibility index (Phi) is 7.41. The van der Waals surface area contributed by atoms with E-state index in [1.165, 1.54) is 0 Å². The minimum atomic E-state index is -0.282. The van der Waals surface area contributed by atoms with Crippen molar-refractivity contribution in [3.05, 3.63) is 94.0 Å². The van der Waals surface area contributed by atoms with Crippen molar-refractivity contribution < 1.29 is 14.3 Å². The van der Waals surface area contributed by atoms with Gasteiger partial charge in [0.05, 0.1) is 12.8 Å². The fraction of sp³-hybridized carbons (Fsp3) is 0.130. The van der Waals surface area contributed by atoms with Gasteiger partial charge < -0.3 is 9.47 Å². The first-order valence-corrected chi connectivity index (χ1v) is 9.97. The van der Waals surface area contributed by atoms with Crippen LogP contribution >= 0.6 is 15.9 Å². The molecule has 0 aliphatic carbocycles. The molecule has 6 heteroatoms. The molecule has 5 nitrogen and oxygen atoms in total. The largest absolute Gasteiger partial charge is 0.490 e. The summed E-state index contributed by atoms with van der Waals surface area (Å²) in [5.41, 5.74) is 4.92. The monoisotopic (exact) mass is 452 g/mol. The fourth-order valence-electron chi connectivity index (χ4n) is 2.59. The maximum absolute atomic E-state index is 12.1. The van der Waals surface area contributed by atoms with Crippen LogP contribution in [0.5, 0.6) is 11.5 Å². The molecule has 3 aromatic rings. The Hall–Kier alpha value is -3.12. The summed E-state index contributed by atoms with van der Waals surface area (Å²) in [5.74, 6) is 1.01. The van der Waals surface area contributed by atoms with Crippen LogP contribution in [0.15, 0.2) is 82.4 Å². The van der Waals surface area contributed by atoms with Gasteiger partial charge in [-0.3, -0.25) is 4.79 Å². The number of benzene rings is 3. The van der Waals surface area contributed by atoms with E-state index in [1.54, 1.807) is 24.4 Å². The van der Waals surface area contributed by atoms with Crippen LogP contribution in [0.25, 0.3) is 0 Å². The number of amides is 1. The van der Waals surface area contributed by atoms with Crippen LogP contribution in [0.3, 0.4) is 0 Å². The van der Waals surface area contributed by atoms with Crippen molar-refractivity contribution in [2.24, 2.45) is 5.10 Å². The number of hydrogen-bond acceptors (Lipinski definition) is 4. The highest BCUT2D eigenvalue weighted by molar-refractivity contribution is 9.10. The summed E-state index contributed by atoms with van der Waals surface area (Å²) < 4.78 is 12.4. The van der Waals surface area contributed by atoms with Crippen molar-refractivity contribution in [3.63, 3.8) is 0 Å². The number of halogens is 1. The molecule has 0 fully saturated rings. The molecule has 0 aliphatic rings. The van der Waals surface area contributed by atoms with Crippen LogP contribution in [-0.2, 0) is 6.61 Å². The zero-order valence-electron chi connectivity index (χ0n) is 16.0. The summed E-state index contributed by atoms with van der Waals surface area (Å²) in [6, 6.07) is 22.6. The van der Waals surface area contributed by atoms with E-state index in [4.69, 9.17) is 9.47 Å². The van der Waals surface area contributed by atoms with Gasteiger partial charge in [0.25, 0.3) is 5.91 Å². The highest BCUT2D eigenvalue weighted by Gasteiger charge is 2.07. The van der Waals surface area contributed by atoms with E-state index >= 15 is 0 Å². The number of nitrogens with zero attached hydrogens (tertiary/aromatic N) is 1. The quantitative estimate of drug-likeness (QED) is 0.377. The highest BCUT2D eigenvalue weighted by atomic mass is 79.9. The molecule has 0 heterocycles. The molecule has 148 valence electrons. The summed E-state index contributed by atoms with van der Waals surface area (Å²) in [5, 5.41) is 4.04.